The molecule has 0 heterocycles. The van der Waals surface area contributed by atoms with Gasteiger partial charge < -0.3 is 20.5 Å². The van der Waals surface area contributed by atoms with Gasteiger partial charge in [-0.3, -0.25) is 9.59 Å². The number of benzene rings is 2. The lowest BCUT2D eigenvalue weighted by atomic mass is 10.2. The molecule has 0 atom stereocenters. The molecular formula is C19H18N2O4. The van der Waals surface area contributed by atoms with Gasteiger partial charge in [-0.2, -0.15) is 0 Å². The fourth-order valence-corrected chi connectivity index (χ4v) is 1.99. The van der Waals surface area contributed by atoms with Crippen LogP contribution < -0.4 is 20.5 Å². The molecule has 0 aliphatic heterocycles. The number of amides is 2. The maximum Gasteiger partial charge on any atom is 0.252 e. The summed E-state index contributed by atoms with van der Waals surface area (Å²) in [6.07, 6.45) is 0. The van der Waals surface area contributed by atoms with E-state index in [9.17, 15) is 9.59 Å². The number of hydrogen-bond acceptors (Lipinski definition) is 4. The van der Waals surface area contributed by atoms with Gasteiger partial charge in [-0.05, 0) is 36.4 Å². The highest BCUT2D eigenvalue weighted by molar-refractivity contribution is 5.95. The number of ether oxygens (including phenoxy) is 2. The molecule has 0 aromatic heterocycles. The van der Waals surface area contributed by atoms with Gasteiger partial charge in [-0.15, -0.1) is 0 Å². The Labute approximate surface area is 145 Å². The number of primary amides is 1. The molecule has 6 heteroatoms. The molecule has 2 aromatic carbocycles. The van der Waals surface area contributed by atoms with Crippen LogP contribution in [0.25, 0.3) is 0 Å². The summed E-state index contributed by atoms with van der Waals surface area (Å²) < 4.78 is 10.5. The van der Waals surface area contributed by atoms with Crippen LogP contribution >= 0.6 is 0 Å². The number of nitrogens with two attached hydrogens (primary N) is 1. The number of carbonyl (C=O) groups is 2. The van der Waals surface area contributed by atoms with E-state index in [1.807, 2.05) is 0 Å². The van der Waals surface area contributed by atoms with Gasteiger partial charge in [0.2, 0.25) is 0 Å². The summed E-state index contributed by atoms with van der Waals surface area (Å²) in [5.41, 5.74) is 6.09. The van der Waals surface area contributed by atoms with Crippen molar-refractivity contribution in [3.8, 4) is 23.3 Å². The molecule has 3 N–H and O–H groups in total. The molecule has 0 fully saturated rings. The van der Waals surface area contributed by atoms with Gasteiger partial charge in [-0.25, -0.2) is 0 Å². The number of para-hydroxylation sites is 1. The van der Waals surface area contributed by atoms with Crippen molar-refractivity contribution < 1.29 is 19.1 Å². The Morgan fingerprint density at radius 3 is 2.48 bits per heavy atom. The number of rotatable bonds is 6. The molecule has 2 rings (SSSR count). The van der Waals surface area contributed by atoms with Crippen LogP contribution in [0.15, 0.2) is 48.5 Å². The maximum absolute atomic E-state index is 11.9. The molecule has 6 nitrogen and oxygen atoms in total. The van der Waals surface area contributed by atoms with Gasteiger partial charge in [0.05, 0.1) is 19.2 Å². The normalized spacial score (nSPS) is 9.48. The Kier molecular flexibility index (Phi) is 6.43. The van der Waals surface area contributed by atoms with Crippen molar-refractivity contribution in [2.45, 2.75) is 0 Å². The molecule has 2 amide bonds. The molecule has 0 saturated carbocycles. The quantitative estimate of drug-likeness (QED) is 0.783. The highest BCUT2D eigenvalue weighted by atomic mass is 16.5. The van der Waals surface area contributed by atoms with Crippen molar-refractivity contribution >= 4 is 11.8 Å². The van der Waals surface area contributed by atoms with Gasteiger partial charge in [0.1, 0.15) is 18.1 Å². The van der Waals surface area contributed by atoms with Crippen LogP contribution in [0.5, 0.6) is 11.5 Å². The minimum Gasteiger partial charge on any atom is -0.497 e. The minimum absolute atomic E-state index is 0.0860. The van der Waals surface area contributed by atoms with E-state index >= 15 is 0 Å². The molecule has 0 radical (unpaired) electrons. The third kappa shape index (κ3) is 5.29. The van der Waals surface area contributed by atoms with Crippen LogP contribution in [0.4, 0.5) is 0 Å². The number of methoxy groups -OCH3 is 1. The van der Waals surface area contributed by atoms with E-state index in [1.54, 1.807) is 55.6 Å². The van der Waals surface area contributed by atoms with Crippen molar-refractivity contribution in [3.05, 3.63) is 59.7 Å². The highest BCUT2D eigenvalue weighted by Gasteiger charge is 2.07. The maximum atomic E-state index is 11.9. The first kappa shape index (κ1) is 17.9. The first-order valence-corrected chi connectivity index (χ1v) is 7.51. The largest absolute Gasteiger partial charge is 0.497 e. The summed E-state index contributed by atoms with van der Waals surface area (Å²) in [6, 6.07) is 13.4. The molecule has 0 spiro atoms. The average Bonchev–Trinajstić information content (AvgIpc) is 2.64. The lowest BCUT2D eigenvalue weighted by molar-refractivity contribution is 0.0956. The summed E-state index contributed by atoms with van der Waals surface area (Å²) in [7, 11) is 1.56. The van der Waals surface area contributed by atoms with Crippen LogP contribution in [-0.4, -0.2) is 32.1 Å². The monoisotopic (exact) mass is 338 g/mol. The summed E-state index contributed by atoms with van der Waals surface area (Å²) in [4.78, 5) is 23.2. The van der Waals surface area contributed by atoms with Gasteiger partial charge in [-0.1, -0.05) is 24.0 Å². The molecule has 0 saturated heterocycles. The van der Waals surface area contributed by atoms with Crippen molar-refractivity contribution in [3.63, 3.8) is 0 Å². The zero-order valence-corrected chi connectivity index (χ0v) is 13.7. The Morgan fingerprint density at radius 2 is 1.80 bits per heavy atom. The van der Waals surface area contributed by atoms with E-state index in [-0.39, 0.29) is 19.1 Å². The minimum atomic E-state index is -0.560. The molecule has 128 valence electrons. The highest BCUT2D eigenvalue weighted by Crippen LogP contribution is 2.16. The zero-order valence-electron chi connectivity index (χ0n) is 13.7. The Balaban J connectivity index is 1.79. The van der Waals surface area contributed by atoms with Crippen molar-refractivity contribution in [1.82, 2.24) is 5.32 Å². The average molecular weight is 338 g/mol. The first-order valence-electron chi connectivity index (χ1n) is 7.51. The molecule has 0 unspecified atom stereocenters. The zero-order chi connectivity index (χ0) is 18.1. The predicted octanol–water partition coefficient (Wildman–Crippen LogP) is 1.61. The molecule has 0 aliphatic rings. The predicted molar refractivity (Wildman–Crippen MR) is 93.6 cm³/mol. The SMILES string of the molecule is COc1ccc(C(=O)NCC#CCOc2ccccc2C(N)=O)cc1. The van der Waals surface area contributed by atoms with E-state index in [0.717, 1.165) is 0 Å². The lowest BCUT2D eigenvalue weighted by Crippen LogP contribution is -2.23. The van der Waals surface area contributed by atoms with Gasteiger partial charge >= 0.3 is 0 Å². The standard InChI is InChI=1S/C19H18N2O4/c1-24-15-10-8-14(9-11-15)19(23)21-12-4-5-13-25-17-7-3-2-6-16(17)18(20)22/h2-3,6-11H,12-13H2,1H3,(H2,20,22)(H,21,23). The van der Waals surface area contributed by atoms with Crippen LogP contribution in [0, 0.1) is 11.8 Å². The van der Waals surface area contributed by atoms with Gasteiger partial charge in [0.25, 0.3) is 11.8 Å². The second-order valence-corrected chi connectivity index (χ2v) is 4.91. The molecule has 0 aliphatic carbocycles. The van der Waals surface area contributed by atoms with Crippen LogP contribution in [0.2, 0.25) is 0 Å². The third-order valence-corrected chi connectivity index (χ3v) is 3.27. The van der Waals surface area contributed by atoms with Crippen molar-refractivity contribution in [2.75, 3.05) is 20.3 Å². The van der Waals surface area contributed by atoms with E-state index < -0.39 is 5.91 Å². The summed E-state index contributed by atoms with van der Waals surface area (Å²) >= 11 is 0. The summed E-state index contributed by atoms with van der Waals surface area (Å²) in [5, 5.41) is 2.68. The lowest BCUT2D eigenvalue weighted by Gasteiger charge is -2.06. The topological polar surface area (TPSA) is 90.7 Å². The van der Waals surface area contributed by atoms with E-state index in [0.29, 0.717) is 22.6 Å². The number of carbonyl (C=O) groups excluding carboxylic acids is 2. The Morgan fingerprint density at radius 1 is 1.08 bits per heavy atom. The second-order valence-electron chi connectivity index (χ2n) is 4.91. The summed E-state index contributed by atoms with van der Waals surface area (Å²) in [6.45, 7) is 0.272. The van der Waals surface area contributed by atoms with Crippen molar-refractivity contribution in [2.24, 2.45) is 5.73 Å². The van der Waals surface area contributed by atoms with E-state index in [4.69, 9.17) is 15.2 Å². The van der Waals surface area contributed by atoms with Crippen molar-refractivity contribution in [1.29, 1.82) is 0 Å². The first-order chi connectivity index (χ1) is 12.1. The van der Waals surface area contributed by atoms with Gasteiger partial charge in [0, 0.05) is 5.56 Å². The molecule has 25 heavy (non-hydrogen) atoms. The molecule has 2 aromatic rings. The molecular weight excluding hydrogens is 320 g/mol. The fourth-order valence-electron chi connectivity index (χ4n) is 1.99. The number of hydrogen-bond donors (Lipinski definition) is 2. The second kappa shape index (κ2) is 8.99. The Hall–Kier alpha value is -3.46. The fraction of sp³-hybridized carbons (Fsp3) is 0.158. The van der Waals surface area contributed by atoms with Crippen LogP contribution in [0.3, 0.4) is 0 Å². The summed E-state index contributed by atoms with van der Waals surface area (Å²) in [5.74, 6) is 5.83. The van der Waals surface area contributed by atoms with E-state index in [1.165, 1.54) is 0 Å². The Bertz CT molecular complexity index is 804. The number of nitrogens with one attached hydrogen (secondary N) is 1. The van der Waals surface area contributed by atoms with Crippen LogP contribution in [0.1, 0.15) is 20.7 Å². The third-order valence-electron chi connectivity index (χ3n) is 3.27. The van der Waals surface area contributed by atoms with Crippen LogP contribution in [-0.2, 0) is 0 Å². The molecule has 0 bridgehead atoms. The van der Waals surface area contributed by atoms with Gasteiger partial charge in [0.15, 0.2) is 0 Å². The van der Waals surface area contributed by atoms with E-state index in [2.05, 4.69) is 17.2 Å². The smallest absolute Gasteiger partial charge is 0.252 e.